The molecule has 24 heavy (non-hydrogen) atoms. The monoisotopic (exact) mass is 347 g/mol. The smallest absolute Gasteiger partial charge is 0.307 e. The topological polar surface area (TPSA) is 75.0 Å². The Balaban J connectivity index is 1.64. The molecule has 1 aromatic heterocycles. The summed E-state index contributed by atoms with van der Waals surface area (Å²) in [7, 11) is 0. The van der Waals surface area contributed by atoms with Crippen LogP contribution in [0.2, 0.25) is 5.02 Å². The minimum Gasteiger partial charge on any atom is -0.447 e. The van der Waals surface area contributed by atoms with Gasteiger partial charge in [-0.1, -0.05) is 11.6 Å². The third-order valence-corrected chi connectivity index (χ3v) is 5.39. The number of nitrogens with zero attached hydrogens (tertiary/aromatic N) is 2. The summed E-state index contributed by atoms with van der Waals surface area (Å²) in [6, 6.07) is 4.40. The fourth-order valence-corrected chi connectivity index (χ4v) is 4.27. The molecular formula is C18H22ClN3O2. The summed E-state index contributed by atoms with van der Waals surface area (Å²) in [4.78, 5) is 16.1. The van der Waals surface area contributed by atoms with Crippen LogP contribution in [-0.4, -0.2) is 28.6 Å². The van der Waals surface area contributed by atoms with Crippen LogP contribution in [-0.2, 0) is 9.53 Å². The van der Waals surface area contributed by atoms with Crippen molar-refractivity contribution in [3.8, 4) is 6.07 Å². The highest BCUT2D eigenvalue weighted by Gasteiger charge is 2.45. The lowest BCUT2D eigenvalue weighted by atomic mass is 9.78. The highest BCUT2D eigenvalue weighted by atomic mass is 35.5. The Morgan fingerprint density at radius 2 is 2.46 bits per heavy atom. The van der Waals surface area contributed by atoms with Gasteiger partial charge in [0.05, 0.1) is 5.02 Å². The first-order valence-corrected chi connectivity index (χ1v) is 8.85. The normalized spacial score (nSPS) is 29.7. The van der Waals surface area contributed by atoms with E-state index in [1.807, 2.05) is 18.3 Å². The number of fused-ring (bicyclic) bond motifs is 2. The molecular weight excluding hydrogens is 326 g/mol. The lowest BCUT2D eigenvalue weighted by Crippen LogP contribution is -2.49. The number of carbonyl (C=O) groups excluding carboxylic acids is 1. The van der Waals surface area contributed by atoms with Crippen molar-refractivity contribution in [2.45, 2.75) is 69.1 Å². The van der Waals surface area contributed by atoms with Crippen molar-refractivity contribution in [1.82, 2.24) is 10.3 Å². The van der Waals surface area contributed by atoms with Crippen LogP contribution in [0.5, 0.6) is 0 Å². The molecule has 128 valence electrons. The van der Waals surface area contributed by atoms with E-state index in [-0.39, 0.29) is 11.5 Å². The van der Waals surface area contributed by atoms with Gasteiger partial charge in [0.25, 0.3) is 0 Å². The van der Waals surface area contributed by atoms with Crippen LogP contribution in [0.3, 0.4) is 0 Å². The zero-order valence-corrected chi connectivity index (χ0v) is 14.6. The summed E-state index contributed by atoms with van der Waals surface area (Å²) in [6.07, 6.45) is 8.22. The minimum atomic E-state index is -0.684. The van der Waals surface area contributed by atoms with Gasteiger partial charge in [0.1, 0.15) is 6.07 Å². The summed E-state index contributed by atoms with van der Waals surface area (Å²) in [5.74, 6) is 0.120. The molecule has 0 aromatic carbocycles. The third-order valence-electron chi connectivity index (χ3n) is 5.18. The van der Waals surface area contributed by atoms with Crippen LogP contribution >= 0.6 is 11.6 Å². The summed E-state index contributed by atoms with van der Waals surface area (Å²) < 4.78 is 5.07. The van der Waals surface area contributed by atoms with Crippen LogP contribution in [0.4, 0.5) is 0 Å². The average Bonchev–Trinajstić information content (AvgIpc) is 2.87. The van der Waals surface area contributed by atoms with E-state index < -0.39 is 6.10 Å². The molecule has 1 N–H and O–H groups in total. The van der Waals surface area contributed by atoms with Crippen LogP contribution in [0, 0.1) is 11.3 Å². The number of nitrogens with one attached hydrogen (secondary N) is 1. The van der Waals surface area contributed by atoms with E-state index in [0.29, 0.717) is 23.4 Å². The highest BCUT2D eigenvalue weighted by molar-refractivity contribution is 6.30. The fraction of sp³-hybridized carbons (Fsp3) is 0.611. The van der Waals surface area contributed by atoms with Crippen molar-refractivity contribution >= 4 is 17.6 Å². The molecule has 3 rings (SSSR count). The lowest BCUT2D eigenvalue weighted by molar-refractivity contribution is -0.146. The van der Waals surface area contributed by atoms with E-state index in [0.717, 1.165) is 32.1 Å². The molecule has 4 unspecified atom stereocenters. The van der Waals surface area contributed by atoms with Crippen molar-refractivity contribution in [3.05, 3.63) is 29.0 Å². The molecule has 1 aromatic rings. The molecule has 0 radical (unpaired) electrons. The van der Waals surface area contributed by atoms with Crippen molar-refractivity contribution in [2.24, 2.45) is 0 Å². The van der Waals surface area contributed by atoms with Gasteiger partial charge in [-0.25, -0.2) is 0 Å². The predicted molar refractivity (Wildman–Crippen MR) is 90.5 cm³/mol. The van der Waals surface area contributed by atoms with Gasteiger partial charge < -0.3 is 10.1 Å². The van der Waals surface area contributed by atoms with Crippen molar-refractivity contribution in [2.75, 3.05) is 0 Å². The molecule has 4 atom stereocenters. The Morgan fingerprint density at radius 3 is 3.21 bits per heavy atom. The largest absolute Gasteiger partial charge is 0.447 e. The number of esters is 1. The number of piperidine rings is 1. The van der Waals surface area contributed by atoms with E-state index in [9.17, 15) is 4.79 Å². The summed E-state index contributed by atoms with van der Waals surface area (Å²) in [5.41, 5.74) is 1.16. The first-order chi connectivity index (χ1) is 11.5. The SMILES string of the molecule is CC(C#N)OC(=O)CCC12CCC(CC(c3cncc(Cl)c3)C1)N2. The Bertz CT molecular complexity index is 660. The van der Waals surface area contributed by atoms with Gasteiger partial charge in [-0.05, 0) is 56.6 Å². The molecule has 0 amide bonds. The van der Waals surface area contributed by atoms with Crippen LogP contribution in [0.1, 0.15) is 56.9 Å². The molecule has 0 aliphatic carbocycles. The zero-order chi connectivity index (χ0) is 17.2. The summed E-state index contributed by atoms with van der Waals surface area (Å²) in [6.45, 7) is 1.59. The standard InChI is InChI=1S/C18H22ClN3O2/c1-12(9-20)24-17(23)3-5-18-4-2-16(22-18)7-13(8-18)14-6-15(19)11-21-10-14/h6,10-13,16,22H,2-5,7-8H2,1H3. The maximum absolute atomic E-state index is 11.9. The van der Waals surface area contributed by atoms with Gasteiger partial charge in [-0.15, -0.1) is 0 Å². The van der Waals surface area contributed by atoms with Gasteiger partial charge in [0.2, 0.25) is 0 Å². The Hall–Kier alpha value is -1.64. The zero-order valence-electron chi connectivity index (χ0n) is 13.8. The fourth-order valence-electron chi connectivity index (χ4n) is 4.09. The Morgan fingerprint density at radius 1 is 1.62 bits per heavy atom. The predicted octanol–water partition coefficient (Wildman–Crippen LogP) is 3.34. The summed E-state index contributed by atoms with van der Waals surface area (Å²) in [5, 5.41) is 13.1. The Kier molecular flexibility index (Phi) is 5.07. The van der Waals surface area contributed by atoms with E-state index in [2.05, 4.69) is 10.3 Å². The highest BCUT2D eigenvalue weighted by Crippen LogP contribution is 2.45. The van der Waals surface area contributed by atoms with E-state index in [4.69, 9.17) is 21.6 Å². The maximum atomic E-state index is 11.9. The van der Waals surface area contributed by atoms with E-state index >= 15 is 0 Å². The van der Waals surface area contributed by atoms with Gasteiger partial charge in [0.15, 0.2) is 6.10 Å². The molecule has 2 aliphatic heterocycles. The van der Waals surface area contributed by atoms with Crippen LogP contribution in [0.15, 0.2) is 18.5 Å². The lowest BCUT2D eigenvalue weighted by Gasteiger charge is -2.39. The molecule has 5 nitrogen and oxygen atoms in total. The number of pyridine rings is 1. The number of ether oxygens (including phenoxy) is 1. The molecule has 3 heterocycles. The molecule has 2 bridgehead atoms. The second-order valence-electron chi connectivity index (χ2n) is 6.99. The van der Waals surface area contributed by atoms with Gasteiger partial charge in [-0.3, -0.25) is 9.78 Å². The third kappa shape index (κ3) is 3.88. The number of hydrogen-bond acceptors (Lipinski definition) is 5. The second-order valence-corrected chi connectivity index (χ2v) is 7.43. The first-order valence-electron chi connectivity index (χ1n) is 8.47. The number of nitriles is 1. The minimum absolute atomic E-state index is 0.0230. The van der Waals surface area contributed by atoms with Crippen LogP contribution < -0.4 is 5.32 Å². The number of halogens is 1. The summed E-state index contributed by atoms with van der Waals surface area (Å²) >= 11 is 6.09. The number of rotatable bonds is 5. The number of aromatic nitrogens is 1. The van der Waals surface area contributed by atoms with Crippen LogP contribution in [0.25, 0.3) is 0 Å². The first kappa shape index (κ1) is 17.2. The molecule has 2 fully saturated rings. The quantitative estimate of drug-likeness (QED) is 0.827. The number of carbonyl (C=O) groups is 1. The van der Waals surface area contributed by atoms with Gasteiger partial charge in [0, 0.05) is 30.4 Å². The molecule has 2 aliphatic rings. The van der Waals surface area contributed by atoms with Gasteiger partial charge >= 0.3 is 5.97 Å². The number of hydrogen-bond donors (Lipinski definition) is 1. The molecule has 2 saturated heterocycles. The Labute approximate surface area is 147 Å². The van der Waals surface area contributed by atoms with Crippen molar-refractivity contribution in [3.63, 3.8) is 0 Å². The van der Waals surface area contributed by atoms with Gasteiger partial charge in [-0.2, -0.15) is 5.26 Å². The molecule has 0 spiro atoms. The van der Waals surface area contributed by atoms with E-state index in [1.54, 1.807) is 13.1 Å². The molecule has 0 saturated carbocycles. The molecule has 6 heteroatoms. The van der Waals surface area contributed by atoms with Crippen molar-refractivity contribution < 1.29 is 9.53 Å². The van der Waals surface area contributed by atoms with Crippen molar-refractivity contribution in [1.29, 1.82) is 5.26 Å². The second kappa shape index (κ2) is 7.08. The average molecular weight is 348 g/mol. The maximum Gasteiger partial charge on any atom is 0.307 e. The van der Waals surface area contributed by atoms with E-state index in [1.165, 1.54) is 5.56 Å².